The lowest BCUT2D eigenvalue weighted by molar-refractivity contribution is 0.0533. The van der Waals surface area contributed by atoms with Crippen LogP contribution >= 0.6 is 11.3 Å². The van der Waals surface area contributed by atoms with E-state index >= 15 is 0 Å². The molecule has 0 saturated heterocycles. The first-order valence-electron chi connectivity index (χ1n) is 5.42. The second-order valence-electron chi connectivity index (χ2n) is 3.68. The lowest BCUT2D eigenvalue weighted by atomic mass is 10.1. The number of thiophene rings is 1. The number of esters is 1. The van der Waals surface area contributed by atoms with E-state index in [1.165, 1.54) is 0 Å². The van der Waals surface area contributed by atoms with E-state index in [9.17, 15) is 4.79 Å². The van der Waals surface area contributed by atoms with Crippen LogP contribution in [0.3, 0.4) is 0 Å². The number of nitrogens with two attached hydrogens (primary N) is 1. The van der Waals surface area contributed by atoms with Gasteiger partial charge in [0, 0.05) is 5.39 Å². The van der Waals surface area contributed by atoms with Crippen molar-refractivity contribution in [2.45, 2.75) is 20.5 Å². The third-order valence-corrected chi connectivity index (χ3v) is 3.68. The zero-order chi connectivity index (χ0) is 13.3. The summed E-state index contributed by atoms with van der Waals surface area (Å²) in [6.45, 7) is 3.61. The first-order valence-corrected chi connectivity index (χ1v) is 6.23. The molecule has 0 amide bonds. The molecule has 6 nitrogen and oxygen atoms in total. The molecule has 0 aromatic carbocycles. The Hall–Kier alpha value is -1.73. The average Bonchev–Trinajstić information content (AvgIpc) is 2.68. The van der Waals surface area contributed by atoms with Gasteiger partial charge in [-0.3, -0.25) is 0 Å². The Bertz CT molecular complexity index is 609. The number of carbonyl (C=O) groups is 1. The summed E-state index contributed by atoms with van der Waals surface area (Å²) in [4.78, 5) is 12.6. The highest BCUT2D eigenvalue weighted by Gasteiger charge is 2.21. The Kier molecular flexibility index (Phi) is 3.44. The Morgan fingerprint density at radius 3 is 2.83 bits per heavy atom. The molecule has 0 aliphatic heterocycles. The van der Waals surface area contributed by atoms with Crippen LogP contribution in [0.15, 0.2) is 0 Å². The van der Waals surface area contributed by atoms with E-state index in [0.29, 0.717) is 33.1 Å². The molecular formula is C11H13N3O3S. The summed E-state index contributed by atoms with van der Waals surface area (Å²) < 4.78 is 4.93. The normalized spacial score (nSPS) is 10.8. The standard InChI is InChI=1S/C11H13N3O3S/c1-3-17-11(16)9-8(12)7-5(2)6(4-15)13-14-10(7)18-9/h15H,3-4,12H2,1-2H3. The number of fused-ring (bicyclic) bond motifs is 1. The molecule has 0 unspecified atom stereocenters. The second kappa shape index (κ2) is 4.87. The average molecular weight is 267 g/mol. The maximum atomic E-state index is 11.7. The maximum Gasteiger partial charge on any atom is 0.350 e. The van der Waals surface area contributed by atoms with Gasteiger partial charge in [0.15, 0.2) is 0 Å². The van der Waals surface area contributed by atoms with E-state index in [2.05, 4.69) is 10.2 Å². The monoisotopic (exact) mass is 267 g/mol. The lowest BCUT2D eigenvalue weighted by Gasteiger charge is -2.02. The van der Waals surface area contributed by atoms with Gasteiger partial charge in [0.1, 0.15) is 9.71 Å². The Morgan fingerprint density at radius 1 is 1.50 bits per heavy atom. The number of anilines is 1. The molecule has 0 bridgehead atoms. The Labute approximate surface area is 107 Å². The smallest absolute Gasteiger partial charge is 0.350 e. The quantitative estimate of drug-likeness (QED) is 0.812. The van der Waals surface area contributed by atoms with Crippen LogP contribution in [0, 0.1) is 6.92 Å². The molecule has 2 rings (SSSR count). The fourth-order valence-electron chi connectivity index (χ4n) is 1.69. The fraction of sp³-hybridized carbons (Fsp3) is 0.364. The summed E-state index contributed by atoms with van der Waals surface area (Å²) in [5.74, 6) is -0.456. The summed E-state index contributed by atoms with van der Waals surface area (Å²) >= 11 is 1.15. The molecule has 0 aliphatic carbocycles. The molecule has 0 fully saturated rings. The fourth-order valence-corrected chi connectivity index (χ4v) is 2.68. The minimum absolute atomic E-state index is 0.210. The molecule has 0 atom stereocenters. The van der Waals surface area contributed by atoms with Crippen molar-refractivity contribution in [3.8, 4) is 0 Å². The number of hydrogen-bond donors (Lipinski definition) is 2. The van der Waals surface area contributed by atoms with Crippen LogP contribution in [0.5, 0.6) is 0 Å². The Morgan fingerprint density at radius 2 is 2.22 bits per heavy atom. The van der Waals surface area contributed by atoms with Crippen LogP contribution in [-0.2, 0) is 11.3 Å². The molecule has 3 N–H and O–H groups in total. The number of rotatable bonds is 3. The molecule has 0 aliphatic rings. The molecule has 2 heterocycles. The van der Waals surface area contributed by atoms with Gasteiger partial charge in [-0.15, -0.1) is 16.4 Å². The van der Waals surface area contributed by atoms with Crippen LogP contribution in [0.4, 0.5) is 5.69 Å². The lowest BCUT2D eigenvalue weighted by Crippen LogP contribution is -2.05. The van der Waals surface area contributed by atoms with Gasteiger partial charge >= 0.3 is 5.97 Å². The third-order valence-electron chi connectivity index (χ3n) is 2.61. The number of aromatic nitrogens is 2. The largest absolute Gasteiger partial charge is 0.462 e. The summed E-state index contributed by atoms with van der Waals surface area (Å²) in [5.41, 5.74) is 7.50. The molecule has 2 aromatic heterocycles. The number of nitrogen functional groups attached to an aromatic ring is 1. The van der Waals surface area contributed by atoms with Gasteiger partial charge in [-0.1, -0.05) is 0 Å². The molecule has 0 spiro atoms. The van der Waals surface area contributed by atoms with Crippen LogP contribution in [0.25, 0.3) is 10.2 Å². The van der Waals surface area contributed by atoms with Crippen molar-refractivity contribution in [1.29, 1.82) is 0 Å². The van der Waals surface area contributed by atoms with Crippen LogP contribution in [0.1, 0.15) is 27.9 Å². The summed E-state index contributed by atoms with van der Waals surface area (Å²) in [5, 5.41) is 17.7. The predicted molar refractivity (Wildman–Crippen MR) is 68.4 cm³/mol. The predicted octanol–water partition coefficient (Wildman–Crippen LogP) is 1.25. The van der Waals surface area contributed by atoms with Crippen molar-refractivity contribution in [2.24, 2.45) is 0 Å². The first-order chi connectivity index (χ1) is 8.60. The van der Waals surface area contributed by atoms with E-state index in [-0.39, 0.29) is 6.61 Å². The van der Waals surface area contributed by atoms with Gasteiger partial charge < -0.3 is 15.6 Å². The number of aliphatic hydroxyl groups is 1. The summed E-state index contributed by atoms with van der Waals surface area (Å²) in [6.07, 6.45) is 0. The molecule has 0 saturated carbocycles. The van der Waals surface area contributed by atoms with Gasteiger partial charge in [0.2, 0.25) is 0 Å². The van der Waals surface area contributed by atoms with Gasteiger partial charge in [-0.05, 0) is 19.4 Å². The van der Waals surface area contributed by atoms with E-state index in [0.717, 1.165) is 16.9 Å². The van der Waals surface area contributed by atoms with Gasteiger partial charge in [0.05, 0.1) is 24.6 Å². The van der Waals surface area contributed by atoms with Gasteiger partial charge in [-0.25, -0.2) is 4.79 Å². The van der Waals surface area contributed by atoms with Crippen molar-refractivity contribution in [1.82, 2.24) is 10.2 Å². The van der Waals surface area contributed by atoms with Gasteiger partial charge in [-0.2, -0.15) is 5.10 Å². The molecule has 7 heteroatoms. The van der Waals surface area contributed by atoms with E-state index in [4.69, 9.17) is 15.6 Å². The van der Waals surface area contributed by atoms with Crippen LogP contribution in [0.2, 0.25) is 0 Å². The highest BCUT2D eigenvalue weighted by atomic mass is 32.1. The SMILES string of the molecule is CCOC(=O)c1sc2nnc(CO)c(C)c2c1N. The number of aliphatic hydroxyl groups excluding tert-OH is 1. The van der Waals surface area contributed by atoms with Gasteiger partial charge in [0.25, 0.3) is 0 Å². The Balaban J connectivity index is 2.63. The third kappa shape index (κ3) is 1.91. The van der Waals surface area contributed by atoms with Crippen molar-refractivity contribution in [3.05, 3.63) is 16.1 Å². The van der Waals surface area contributed by atoms with Crippen LogP contribution < -0.4 is 5.73 Å². The number of ether oxygens (including phenoxy) is 1. The highest BCUT2D eigenvalue weighted by molar-refractivity contribution is 7.21. The van der Waals surface area contributed by atoms with E-state index in [1.807, 2.05) is 0 Å². The minimum Gasteiger partial charge on any atom is -0.462 e. The topological polar surface area (TPSA) is 98.3 Å². The molecule has 96 valence electrons. The van der Waals surface area contributed by atoms with Crippen molar-refractivity contribution in [2.75, 3.05) is 12.3 Å². The van der Waals surface area contributed by atoms with Crippen molar-refractivity contribution >= 4 is 33.2 Å². The summed E-state index contributed by atoms with van der Waals surface area (Å²) in [7, 11) is 0. The first kappa shape index (κ1) is 12.7. The minimum atomic E-state index is -0.456. The summed E-state index contributed by atoms with van der Waals surface area (Å²) in [6, 6.07) is 0. The number of nitrogens with zero attached hydrogens (tertiary/aromatic N) is 2. The molecule has 2 aromatic rings. The van der Waals surface area contributed by atoms with E-state index < -0.39 is 5.97 Å². The van der Waals surface area contributed by atoms with E-state index in [1.54, 1.807) is 13.8 Å². The van der Waals surface area contributed by atoms with Crippen molar-refractivity contribution < 1.29 is 14.6 Å². The molecule has 18 heavy (non-hydrogen) atoms. The number of hydrogen-bond acceptors (Lipinski definition) is 7. The highest BCUT2D eigenvalue weighted by Crippen LogP contribution is 2.35. The molecular weight excluding hydrogens is 254 g/mol. The van der Waals surface area contributed by atoms with Crippen LogP contribution in [-0.4, -0.2) is 27.9 Å². The molecule has 0 radical (unpaired) electrons. The zero-order valence-electron chi connectivity index (χ0n) is 10.1. The number of aryl methyl sites for hydroxylation is 1. The van der Waals surface area contributed by atoms with Crippen molar-refractivity contribution in [3.63, 3.8) is 0 Å². The number of carbonyl (C=O) groups excluding carboxylic acids is 1. The zero-order valence-corrected chi connectivity index (χ0v) is 10.9. The maximum absolute atomic E-state index is 11.7. The second-order valence-corrected chi connectivity index (χ2v) is 4.67.